The van der Waals surface area contributed by atoms with Crippen LogP contribution >= 0.6 is 0 Å². The number of nitrogens with one attached hydrogen (secondary N) is 1. The Morgan fingerprint density at radius 2 is 1.57 bits per heavy atom. The number of benzene rings is 2. The predicted molar refractivity (Wildman–Crippen MR) is 112 cm³/mol. The fourth-order valence-corrected chi connectivity index (χ4v) is 3.72. The van der Waals surface area contributed by atoms with E-state index in [1.165, 1.54) is 4.90 Å². The van der Waals surface area contributed by atoms with Gasteiger partial charge in [-0.05, 0) is 29.3 Å². The van der Waals surface area contributed by atoms with Crippen LogP contribution in [0.3, 0.4) is 0 Å². The van der Waals surface area contributed by atoms with Crippen molar-refractivity contribution in [1.82, 2.24) is 9.80 Å². The van der Waals surface area contributed by atoms with Gasteiger partial charge in [-0.3, -0.25) is 24.2 Å². The van der Waals surface area contributed by atoms with E-state index in [9.17, 15) is 14.4 Å². The molecule has 7 heteroatoms. The van der Waals surface area contributed by atoms with Crippen LogP contribution < -0.4 is 5.32 Å². The highest BCUT2D eigenvalue weighted by Crippen LogP contribution is 2.20. The average molecular weight is 407 g/mol. The fourth-order valence-electron chi connectivity index (χ4n) is 3.72. The van der Waals surface area contributed by atoms with Crippen LogP contribution in [0.25, 0.3) is 0 Å². The molecule has 156 valence electrons. The molecule has 2 aliphatic heterocycles. The molecule has 7 nitrogen and oxygen atoms in total. The second-order valence-corrected chi connectivity index (χ2v) is 7.57. The van der Waals surface area contributed by atoms with Crippen LogP contribution in [0.2, 0.25) is 0 Å². The van der Waals surface area contributed by atoms with Crippen molar-refractivity contribution in [2.45, 2.75) is 25.9 Å². The highest BCUT2D eigenvalue weighted by molar-refractivity contribution is 6.04. The molecular weight excluding hydrogens is 382 g/mol. The molecular formula is C23H25N3O4. The smallest absolute Gasteiger partial charge is 0.255 e. The van der Waals surface area contributed by atoms with Gasteiger partial charge in [-0.2, -0.15) is 0 Å². The maximum Gasteiger partial charge on any atom is 0.255 e. The summed E-state index contributed by atoms with van der Waals surface area (Å²) in [6.07, 6.45) is 0.562. The number of carbonyl (C=O) groups excluding carboxylic acids is 3. The number of para-hydroxylation sites is 1. The monoisotopic (exact) mass is 407 g/mol. The summed E-state index contributed by atoms with van der Waals surface area (Å²) in [6.45, 7) is 4.24. The topological polar surface area (TPSA) is 79.0 Å². The molecule has 3 amide bonds. The maximum absolute atomic E-state index is 12.8. The Morgan fingerprint density at radius 3 is 2.27 bits per heavy atom. The molecule has 2 fully saturated rings. The Kier molecular flexibility index (Phi) is 6.21. The second kappa shape index (κ2) is 9.19. The molecule has 1 N–H and O–H groups in total. The zero-order valence-corrected chi connectivity index (χ0v) is 16.8. The summed E-state index contributed by atoms with van der Waals surface area (Å²) in [6, 6.07) is 14.8. The highest BCUT2D eigenvalue weighted by atomic mass is 16.5. The lowest BCUT2D eigenvalue weighted by Gasteiger charge is -2.27. The molecule has 0 aliphatic carbocycles. The summed E-state index contributed by atoms with van der Waals surface area (Å²) >= 11 is 0. The van der Waals surface area contributed by atoms with E-state index < -0.39 is 0 Å². The average Bonchev–Trinajstić information content (AvgIpc) is 3.08. The summed E-state index contributed by atoms with van der Waals surface area (Å²) < 4.78 is 5.40. The number of imide groups is 1. The number of likely N-dealkylation sites (tertiary alicyclic amines) is 1. The number of ether oxygens (including phenoxy) is 1. The number of morpholine rings is 1. The summed E-state index contributed by atoms with van der Waals surface area (Å²) in [5, 5.41) is 3.01. The second-order valence-electron chi connectivity index (χ2n) is 7.57. The van der Waals surface area contributed by atoms with Crippen molar-refractivity contribution in [3.63, 3.8) is 0 Å². The van der Waals surface area contributed by atoms with Crippen molar-refractivity contribution in [3.05, 3.63) is 65.2 Å². The third-order valence-corrected chi connectivity index (χ3v) is 5.47. The molecule has 2 saturated heterocycles. The number of carbonyl (C=O) groups is 3. The first-order chi connectivity index (χ1) is 14.6. The van der Waals surface area contributed by atoms with E-state index in [1.54, 1.807) is 24.3 Å². The minimum atomic E-state index is -0.190. The molecule has 0 unspecified atom stereocenters. The van der Waals surface area contributed by atoms with Crippen LogP contribution in [0.4, 0.5) is 5.69 Å². The first kappa shape index (κ1) is 20.3. The van der Waals surface area contributed by atoms with Crippen LogP contribution in [0.1, 0.15) is 34.3 Å². The lowest BCUT2D eigenvalue weighted by molar-refractivity contribution is -0.139. The normalized spacial score (nSPS) is 17.4. The van der Waals surface area contributed by atoms with Crippen LogP contribution in [-0.2, 0) is 27.4 Å². The standard InChI is InChI=1S/C23H25N3O4/c27-21-9-10-22(28)26(21)15-17-5-7-18(8-6-17)23(29)24-20-4-2-1-3-19(20)16-25-11-13-30-14-12-25/h1-8H,9-16H2,(H,24,29). The van der Waals surface area contributed by atoms with Crippen molar-refractivity contribution >= 4 is 23.4 Å². The van der Waals surface area contributed by atoms with Crippen LogP contribution in [0.15, 0.2) is 48.5 Å². The summed E-state index contributed by atoms with van der Waals surface area (Å²) in [5.74, 6) is -0.471. The number of anilines is 1. The molecule has 0 bridgehead atoms. The Hall–Kier alpha value is -3.03. The van der Waals surface area contributed by atoms with Gasteiger partial charge in [-0.1, -0.05) is 30.3 Å². The quantitative estimate of drug-likeness (QED) is 0.744. The van der Waals surface area contributed by atoms with Gasteiger partial charge in [0.1, 0.15) is 0 Å². The van der Waals surface area contributed by atoms with Gasteiger partial charge < -0.3 is 10.1 Å². The van der Waals surface area contributed by atoms with E-state index in [4.69, 9.17) is 4.74 Å². The van der Waals surface area contributed by atoms with Crippen molar-refractivity contribution < 1.29 is 19.1 Å². The molecule has 0 radical (unpaired) electrons. The first-order valence-electron chi connectivity index (χ1n) is 10.2. The first-order valence-corrected chi connectivity index (χ1v) is 10.2. The SMILES string of the molecule is O=C(Nc1ccccc1CN1CCOCC1)c1ccc(CN2C(=O)CCC2=O)cc1. The van der Waals surface area contributed by atoms with E-state index in [-0.39, 0.29) is 37.1 Å². The number of amides is 3. The number of hydrogen-bond acceptors (Lipinski definition) is 5. The lowest BCUT2D eigenvalue weighted by Crippen LogP contribution is -2.35. The Morgan fingerprint density at radius 1 is 0.900 bits per heavy atom. The largest absolute Gasteiger partial charge is 0.379 e. The molecule has 2 heterocycles. The Labute approximate surface area is 175 Å². The molecule has 0 saturated carbocycles. The van der Waals surface area contributed by atoms with Crippen LogP contribution in [-0.4, -0.2) is 53.8 Å². The van der Waals surface area contributed by atoms with E-state index in [2.05, 4.69) is 10.2 Å². The third kappa shape index (κ3) is 4.75. The fraction of sp³-hybridized carbons (Fsp3) is 0.348. The van der Waals surface area contributed by atoms with Crippen molar-refractivity contribution in [1.29, 1.82) is 0 Å². The molecule has 0 atom stereocenters. The Balaban J connectivity index is 1.40. The van der Waals surface area contributed by atoms with Gasteiger partial charge in [0, 0.05) is 43.7 Å². The lowest BCUT2D eigenvalue weighted by atomic mass is 10.1. The minimum Gasteiger partial charge on any atom is -0.379 e. The molecule has 2 aliphatic rings. The number of nitrogens with zero attached hydrogens (tertiary/aromatic N) is 2. The van der Waals surface area contributed by atoms with E-state index >= 15 is 0 Å². The molecule has 2 aromatic carbocycles. The number of hydrogen-bond donors (Lipinski definition) is 1. The molecule has 0 spiro atoms. The highest BCUT2D eigenvalue weighted by Gasteiger charge is 2.28. The van der Waals surface area contributed by atoms with Gasteiger partial charge in [-0.15, -0.1) is 0 Å². The molecule has 4 rings (SSSR count). The van der Waals surface area contributed by atoms with Crippen LogP contribution in [0, 0.1) is 0 Å². The van der Waals surface area contributed by atoms with Gasteiger partial charge in [0.2, 0.25) is 11.8 Å². The van der Waals surface area contributed by atoms with Gasteiger partial charge in [-0.25, -0.2) is 0 Å². The Bertz CT molecular complexity index is 920. The summed E-state index contributed by atoms with van der Waals surface area (Å²) in [5.41, 5.74) is 3.21. The molecule has 2 aromatic rings. The number of rotatable bonds is 6. The molecule has 0 aromatic heterocycles. The van der Waals surface area contributed by atoms with E-state index in [1.807, 2.05) is 24.3 Å². The zero-order valence-electron chi connectivity index (χ0n) is 16.8. The third-order valence-electron chi connectivity index (χ3n) is 5.47. The minimum absolute atomic E-state index is 0.140. The maximum atomic E-state index is 12.8. The van der Waals surface area contributed by atoms with Gasteiger partial charge in [0.25, 0.3) is 5.91 Å². The zero-order chi connectivity index (χ0) is 20.9. The predicted octanol–water partition coefficient (Wildman–Crippen LogP) is 2.42. The van der Waals surface area contributed by atoms with Gasteiger partial charge in [0.15, 0.2) is 0 Å². The van der Waals surface area contributed by atoms with E-state index in [0.717, 1.165) is 49.7 Å². The summed E-state index contributed by atoms with van der Waals surface area (Å²) in [4.78, 5) is 39.9. The van der Waals surface area contributed by atoms with E-state index in [0.29, 0.717) is 5.56 Å². The van der Waals surface area contributed by atoms with Crippen molar-refractivity contribution in [2.24, 2.45) is 0 Å². The van der Waals surface area contributed by atoms with Crippen molar-refractivity contribution in [2.75, 3.05) is 31.6 Å². The summed E-state index contributed by atoms with van der Waals surface area (Å²) in [7, 11) is 0. The molecule has 30 heavy (non-hydrogen) atoms. The van der Waals surface area contributed by atoms with Gasteiger partial charge in [0.05, 0.1) is 19.8 Å². The van der Waals surface area contributed by atoms with Crippen molar-refractivity contribution in [3.8, 4) is 0 Å². The van der Waals surface area contributed by atoms with Gasteiger partial charge >= 0.3 is 0 Å². The van der Waals surface area contributed by atoms with Crippen LogP contribution in [0.5, 0.6) is 0 Å².